The van der Waals surface area contributed by atoms with E-state index in [4.69, 9.17) is 0 Å². The molecule has 1 amide bonds. The average molecular weight is 311 g/mol. The molecule has 5 heteroatoms. The van der Waals surface area contributed by atoms with Gasteiger partial charge in [-0.15, -0.1) is 0 Å². The van der Waals surface area contributed by atoms with Gasteiger partial charge in [0.2, 0.25) is 0 Å². The molecule has 0 unspecified atom stereocenters. The molecule has 5 nitrogen and oxygen atoms in total. The Hall–Kier alpha value is -2.43. The molecule has 0 radical (unpaired) electrons. The van der Waals surface area contributed by atoms with Crippen LogP contribution in [0, 0.1) is 13.8 Å². The van der Waals surface area contributed by atoms with Gasteiger partial charge in [-0.2, -0.15) is 0 Å². The van der Waals surface area contributed by atoms with Crippen molar-refractivity contribution in [3.05, 3.63) is 52.6 Å². The van der Waals surface area contributed by atoms with Crippen LogP contribution >= 0.6 is 0 Å². The normalized spacial score (nSPS) is 13.9. The van der Waals surface area contributed by atoms with E-state index in [1.807, 2.05) is 30.9 Å². The third kappa shape index (κ3) is 3.04. The number of rotatable bonds is 5. The lowest BCUT2D eigenvalue weighted by molar-refractivity contribution is 0.0723. The number of nitrogens with zero attached hydrogens (tertiary/aromatic N) is 2. The van der Waals surface area contributed by atoms with Gasteiger partial charge in [-0.1, -0.05) is 6.07 Å². The van der Waals surface area contributed by atoms with Gasteiger partial charge in [0.1, 0.15) is 5.69 Å². The van der Waals surface area contributed by atoms with Crippen LogP contribution in [0.4, 0.5) is 0 Å². The predicted octanol–water partition coefficient (Wildman–Crippen LogP) is 3.03. The Labute approximate surface area is 135 Å². The number of H-pyrrole nitrogens is 1. The highest BCUT2D eigenvalue weighted by molar-refractivity contribution is 6.02. The minimum absolute atomic E-state index is 0.0134. The maximum atomic E-state index is 13.0. The summed E-state index contributed by atoms with van der Waals surface area (Å²) in [6, 6.07) is 4.14. The van der Waals surface area contributed by atoms with Gasteiger partial charge < -0.3 is 9.88 Å². The molecule has 2 aromatic rings. The quantitative estimate of drug-likeness (QED) is 0.863. The van der Waals surface area contributed by atoms with E-state index in [1.165, 1.54) is 6.92 Å². The number of carbonyl (C=O) groups is 2. The fourth-order valence-electron chi connectivity index (χ4n) is 3.08. The maximum absolute atomic E-state index is 13.0. The molecule has 2 heterocycles. The first-order valence-electron chi connectivity index (χ1n) is 7.89. The molecule has 1 saturated carbocycles. The molecule has 0 aliphatic heterocycles. The van der Waals surface area contributed by atoms with Crippen molar-refractivity contribution < 1.29 is 9.59 Å². The number of aromatic amines is 1. The first-order chi connectivity index (χ1) is 11.0. The number of carbonyl (C=O) groups excluding carboxylic acids is 2. The summed E-state index contributed by atoms with van der Waals surface area (Å²) in [5, 5.41) is 0. The Morgan fingerprint density at radius 1 is 1.35 bits per heavy atom. The van der Waals surface area contributed by atoms with Crippen molar-refractivity contribution in [2.45, 2.75) is 46.2 Å². The summed E-state index contributed by atoms with van der Waals surface area (Å²) < 4.78 is 0. The minimum atomic E-state index is -0.0375. The zero-order valence-corrected chi connectivity index (χ0v) is 13.7. The van der Waals surface area contributed by atoms with Crippen molar-refractivity contribution in [3.63, 3.8) is 0 Å². The monoisotopic (exact) mass is 311 g/mol. The standard InChI is InChI=1S/C18H21N3O2/c1-11-16(13(3)22)12(2)20-17(11)18(23)21(15-6-7-15)10-14-5-4-8-19-9-14/h4-5,8-9,15,20H,6-7,10H2,1-3H3. The van der Waals surface area contributed by atoms with Crippen LogP contribution in [0.5, 0.6) is 0 Å². The average Bonchev–Trinajstić information content (AvgIpc) is 3.30. The Bertz CT molecular complexity index is 745. The van der Waals surface area contributed by atoms with Crippen LogP contribution in [0.1, 0.15) is 57.4 Å². The van der Waals surface area contributed by atoms with E-state index in [-0.39, 0.29) is 17.7 Å². The first kappa shape index (κ1) is 15.5. The second kappa shape index (κ2) is 5.99. The Morgan fingerprint density at radius 2 is 2.09 bits per heavy atom. The number of hydrogen-bond donors (Lipinski definition) is 1. The summed E-state index contributed by atoms with van der Waals surface area (Å²) in [7, 11) is 0. The summed E-state index contributed by atoms with van der Waals surface area (Å²) in [4.78, 5) is 33.9. The van der Waals surface area contributed by atoms with Gasteiger partial charge in [0.05, 0.1) is 0 Å². The fourth-order valence-corrected chi connectivity index (χ4v) is 3.08. The summed E-state index contributed by atoms with van der Waals surface area (Å²) in [5.41, 5.74) is 3.68. The van der Waals surface area contributed by atoms with Crippen LogP contribution in [0.25, 0.3) is 0 Å². The van der Waals surface area contributed by atoms with E-state index in [9.17, 15) is 9.59 Å². The van der Waals surface area contributed by atoms with Crippen molar-refractivity contribution in [1.82, 2.24) is 14.9 Å². The zero-order valence-electron chi connectivity index (χ0n) is 13.7. The number of Topliss-reactive ketones (excluding diaryl/α,β-unsaturated/α-hetero) is 1. The molecule has 1 N–H and O–H groups in total. The molecule has 0 aromatic carbocycles. The van der Waals surface area contributed by atoms with Crippen molar-refractivity contribution in [1.29, 1.82) is 0 Å². The summed E-state index contributed by atoms with van der Waals surface area (Å²) in [6.07, 6.45) is 5.58. The van der Waals surface area contributed by atoms with Gasteiger partial charge >= 0.3 is 0 Å². The molecule has 0 bridgehead atoms. The van der Waals surface area contributed by atoms with Crippen LogP contribution < -0.4 is 0 Å². The lowest BCUT2D eigenvalue weighted by Crippen LogP contribution is -2.33. The van der Waals surface area contributed by atoms with Crippen LogP contribution in [0.15, 0.2) is 24.5 Å². The second-order valence-electron chi connectivity index (χ2n) is 6.21. The summed E-state index contributed by atoms with van der Waals surface area (Å²) >= 11 is 0. The predicted molar refractivity (Wildman–Crippen MR) is 87.4 cm³/mol. The molecule has 0 atom stereocenters. The van der Waals surface area contributed by atoms with E-state index < -0.39 is 0 Å². The van der Waals surface area contributed by atoms with Crippen molar-refractivity contribution in [3.8, 4) is 0 Å². The van der Waals surface area contributed by atoms with Gasteiger partial charge in [-0.3, -0.25) is 14.6 Å². The topological polar surface area (TPSA) is 66.1 Å². The highest BCUT2D eigenvalue weighted by Gasteiger charge is 2.35. The van der Waals surface area contributed by atoms with Crippen molar-refractivity contribution in [2.24, 2.45) is 0 Å². The van der Waals surface area contributed by atoms with Gasteiger partial charge in [-0.25, -0.2) is 0 Å². The molecule has 120 valence electrons. The highest BCUT2D eigenvalue weighted by atomic mass is 16.2. The molecule has 23 heavy (non-hydrogen) atoms. The number of pyridine rings is 1. The number of aryl methyl sites for hydroxylation is 1. The van der Waals surface area contributed by atoms with Gasteiger partial charge in [0, 0.05) is 36.2 Å². The maximum Gasteiger partial charge on any atom is 0.271 e. The van der Waals surface area contributed by atoms with Crippen molar-refractivity contribution in [2.75, 3.05) is 0 Å². The third-order valence-electron chi connectivity index (χ3n) is 4.33. The number of ketones is 1. The Kier molecular flexibility index (Phi) is 4.03. The largest absolute Gasteiger partial charge is 0.354 e. The number of amides is 1. The molecule has 0 saturated heterocycles. The highest BCUT2D eigenvalue weighted by Crippen LogP contribution is 2.31. The smallest absolute Gasteiger partial charge is 0.271 e. The first-order valence-corrected chi connectivity index (χ1v) is 7.89. The molecule has 0 spiro atoms. The lowest BCUT2D eigenvalue weighted by Gasteiger charge is -2.22. The van der Waals surface area contributed by atoms with E-state index >= 15 is 0 Å². The fraction of sp³-hybridized carbons (Fsp3) is 0.389. The molecule has 1 aliphatic rings. The van der Waals surface area contributed by atoms with E-state index in [0.717, 1.165) is 29.7 Å². The number of nitrogens with one attached hydrogen (secondary N) is 1. The third-order valence-corrected chi connectivity index (χ3v) is 4.33. The van der Waals surface area contributed by atoms with Crippen LogP contribution in [0.3, 0.4) is 0 Å². The zero-order chi connectivity index (χ0) is 16.6. The second-order valence-corrected chi connectivity index (χ2v) is 6.21. The van der Waals surface area contributed by atoms with Crippen LogP contribution in [-0.4, -0.2) is 32.6 Å². The minimum Gasteiger partial charge on any atom is -0.354 e. The molecule has 1 fully saturated rings. The summed E-state index contributed by atoms with van der Waals surface area (Å²) in [5.74, 6) is -0.0509. The molecule has 3 rings (SSSR count). The van der Waals surface area contributed by atoms with E-state index in [1.54, 1.807) is 12.4 Å². The van der Waals surface area contributed by atoms with Crippen LogP contribution in [0.2, 0.25) is 0 Å². The lowest BCUT2D eigenvalue weighted by atomic mass is 10.1. The van der Waals surface area contributed by atoms with E-state index in [0.29, 0.717) is 17.8 Å². The number of hydrogen-bond acceptors (Lipinski definition) is 3. The van der Waals surface area contributed by atoms with Gasteiger partial charge in [0.25, 0.3) is 5.91 Å². The van der Waals surface area contributed by atoms with Crippen LogP contribution in [-0.2, 0) is 6.54 Å². The Morgan fingerprint density at radius 3 is 2.61 bits per heavy atom. The molecule has 1 aliphatic carbocycles. The number of aromatic nitrogens is 2. The molecule has 2 aromatic heterocycles. The molecular weight excluding hydrogens is 290 g/mol. The summed E-state index contributed by atoms with van der Waals surface area (Å²) in [6.45, 7) is 5.75. The van der Waals surface area contributed by atoms with Gasteiger partial charge in [0.15, 0.2) is 5.78 Å². The molecular formula is C18H21N3O2. The SMILES string of the molecule is CC(=O)c1c(C)[nH]c(C(=O)N(Cc2cccnc2)C2CC2)c1C. The van der Waals surface area contributed by atoms with Gasteiger partial charge in [-0.05, 0) is 50.8 Å². The Balaban J connectivity index is 1.90. The van der Waals surface area contributed by atoms with Crippen molar-refractivity contribution >= 4 is 11.7 Å². The van der Waals surface area contributed by atoms with E-state index in [2.05, 4.69) is 9.97 Å².